The molecule has 1 amide bonds. The summed E-state index contributed by atoms with van der Waals surface area (Å²) in [6, 6.07) is 21.7. The van der Waals surface area contributed by atoms with E-state index in [-0.39, 0.29) is 5.57 Å². The van der Waals surface area contributed by atoms with Crippen molar-refractivity contribution in [3.05, 3.63) is 92.9 Å². The van der Waals surface area contributed by atoms with Crippen LogP contribution >= 0.6 is 27.5 Å². The van der Waals surface area contributed by atoms with Gasteiger partial charge in [0.15, 0.2) is 11.5 Å². The van der Waals surface area contributed by atoms with Crippen molar-refractivity contribution in [3.8, 4) is 17.6 Å². The van der Waals surface area contributed by atoms with Crippen molar-refractivity contribution in [2.75, 3.05) is 12.4 Å². The lowest BCUT2D eigenvalue weighted by Crippen LogP contribution is -2.13. The number of amides is 1. The molecule has 3 aromatic rings. The topological polar surface area (TPSA) is 71.3 Å². The number of anilines is 1. The van der Waals surface area contributed by atoms with Gasteiger partial charge >= 0.3 is 0 Å². The molecule has 0 spiro atoms. The van der Waals surface area contributed by atoms with Crippen LogP contribution in [0.1, 0.15) is 11.1 Å². The predicted molar refractivity (Wildman–Crippen MR) is 125 cm³/mol. The number of rotatable bonds is 7. The molecule has 0 aromatic heterocycles. The van der Waals surface area contributed by atoms with Gasteiger partial charge in [0.25, 0.3) is 5.91 Å². The predicted octanol–water partition coefficient (Wildman–Crippen LogP) is 6.24. The van der Waals surface area contributed by atoms with Crippen LogP contribution in [-0.2, 0) is 11.4 Å². The van der Waals surface area contributed by atoms with Gasteiger partial charge in [-0.1, -0.05) is 57.9 Å². The van der Waals surface area contributed by atoms with Crippen LogP contribution in [0.5, 0.6) is 11.5 Å². The van der Waals surface area contributed by atoms with Crippen LogP contribution in [0.4, 0.5) is 5.69 Å². The highest BCUT2D eigenvalue weighted by molar-refractivity contribution is 9.10. The molecule has 0 radical (unpaired) electrons. The molecule has 0 unspecified atom stereocenters. The fraction of sp³-hybridized carbons (Fsp3) is 0.0833. The molecule has 0 aliphatic rings. The number of methoxy groups -OCH3 is 1. The summed E-state index contributed by atoms with van der Waals surface area (Å²) in [6.45, 7) is 0.331. The summed E-state index contributed by atoms with van der Waals surface area (Å²) >= 11 is 9.39. The van der Waals surface area contributed by atoms with E-state index >= 15 is 0 Å². The van der Waals surface area contributed by atoms with Crippen LogP contribution in [-0.4, -0.2) is 13.0 Å². The number of hydrogen-bond donors (Lipinski definition) is 1. The van der Waals surface area contributed by atoms with Crippen LogP contribution in [0.25, 0.3) is 6.08 Å². The number of para-hydroxylation sites is 1. The Labute approximate surface area is 194 Å². The first-order valence-corrected chi connectivity index (χ1v) is 10.4. The Morgan fingerprint density at radius 3 is 2.48 bits per heavy atom. The Morgan fingerprint density at radius 1 is 1.13 bits per heavy atom. The normalized spacial score (nSPS) is 10.8. The maximum atomic E-state index is 12.5. The molecule has 5 nitrogen and oxygen atoms in total. The molecule has 0 atom stereocenters. The van der Waals surface area contributed by atoms with Gasteiger partial charge in [-0.15, -0.1) is 0 Å². The van der Waals surface area contributed by atoms with Gasteiger partial charge in [0, 0.05) is 15.2 Å². The zero-order chi connectivity index (χ0) is 22.2. The van der Waals surface area contributed by atoms with Crippen molar-refractivity contribution in [1.82, 2.24) is 0 Å². The van der Waals surface area contributed by atoms with E-state index in [1.165, 1.54) is 13.2 Å². The van der Waals surface area contributed by atoms with Crippen molar-refractivity contribution < 1.29 is 14.3 Å². The lowest BCUT2D eigenvalue weighted by atomic mass is 10.1. The van der Waals surface area contributed by atoms with E-state index < -0.39 is 5.91 Å². The van der Waals surface area contributed by atoms with Crippen molar-refractivity contribution in [2.24, 2.45) is 0 Å². The fourth-order valence-electron chi connectivity index (χ4n) is 2.70. The molecule has 0 bridgehead atoms. The minimum atomic E-state index is -0.498. The summed E-state index contributed by atoms with van der Waals surface area (Å²) in [5, 5.41) is 12.8. The van der Waals surface area contributed by atoms with Crippen molar-refractivity contribution in [2.45, 2.75) is 6.61 Å². The van der Waals surface area contributed by atoms with Crippen LogP contribution < -0.4 is 14.8 Å². The van der Waals surface area contributed by atoms with Gasteiger partial charge in [-0.2, -0.15) is 5.26 Å². The summed E-state index contributed by atoms with van der Waals surface area (Å²) in [7, 11) is 1.53. The molecule has 0 saturated heterocycles. The van der Waals surface area contributed by atoms with E-state index in [1.807, 2.05) is 24.3 Å². The molecule has 0 aliphatic carbocycles. The lowest BCUT2D eigenvalue weighted by molar-refractivity contribution is -0.112. The quantitative estimate of drug-likeness (QED) is 0.310. The number of carbonyl (C=O) groups is 1. The Balaban J connectivity index is 1.81. The first kappa shape index (κ1) is 22.4. The molecule has 0 fully saturated rings. The largest absolute Gasteiger partial charge is 0.493 e. The molecule has 3 aromatic carbocycles. The fourth-order valence-corrected chi connectivity index (χ4v) is 3.26. The third-order valence-electron chi connectivity index (χ3n) is 4.29. The minimum Gasteiger partial charge on any atom is -0.493 e. The van der Waals surface area contributed by atoms with Crippen LogP contribution in [0.15, 0.2) is 76.8 Å². The maximum absolute atomic E-state index is 12.5. The summed E-state index contributed by atoms with van der Waals surface area (Å²) in [6.07, 6.45) is 1.49. The van der Waals surface area contributed by atoms with Crippen molar-refractivity contribution in [3.63, 3.8) is 0 Å². The number of nitrogens with zero attached hydrogens (tertiary/aromatic N) is 1. The molecule has 3 rings (SSSR count). The molecule has 0 aliphatic heterocycles. The zero-order valence-electron chi connectivity index (χ0n) is 16.6. The van der Waals surface area contributed by atoms with Gasteiger partial charge in [-0.05, 0) is 53.6 Å². The Morgan fingerprint density at radius 2 is 1.84 bits per heavy atom. The Hall–Kier alpha value is -3.27. The smallest absolute Gasteiger partial charge is 0.266 e. The van der Waals surface area contributed by atoms with Crippen LogP contribution in [0, 0.1) is 11.3 Å². The lowest BCUT2D eigenvalue weighted by Gasteiger charge is -2.13. The number of nitrogens with one attached hydrogen (secondary N) is 1. The average Bonchev–Trinajstić information content (AvgIpc) is 2.78. The molecule has 0 saturated carbocycles. The molecule has 1 N–H and O–H groups in total. The Bertz CT molecular complexity index is 1140. The first-order chi connectivity index (χ1) is 15.0. The third-order valence-corrected chi connectivity index (χ3v) is 5.23. The zero-order valence-corrected chi connectivity index (χ0v) is 18.9. The van der Waals surface area contributed by atoms with Gasteiger partial charge < -0.3 is 14.8 Å². The summed E-state index contributed by atoms with van der Waals surface area (Å²) in [5.41, 5.74) is 2.13. The molecule has 31 heavy (non-hydrogen) atoms. The number of halogens is 2. The molecule has 7 heteroatoms. The summed E-state index contributed by atoms with van der Waals surface area (Å²) < 4.78 is 12.0. The number of benzene rings is 3. The standard InChI is InChI=1S/C24H18BrClN2O3/c1-30-22-12-17(11-18(14-27)24(29)28-20-5-3-2-4-6-20)21(25)13-23(22)31-15-16-7-9-19(26)10-8-16/h2-13H,15H2,1H3,(H,28,29)/b18-11+. The van der Waals surface area contributed by atoms with Gasteiger partial charge in [-0.3, -0.25) is 4.79 Å². The van der Waals surface area contributed by atoms with Crippen molar-refractivity contribution in [1.29, 1.82) is 5.26 Å². The SMILES string of the molecule is COc1cc(/C=C(\C#N)C(=O)Nc2ccccc2)c(Br)cc1OCc1ccc(Cl)cc1. The number of ether oxygens (including phenoxy) is 2. The van der Waals surface area contributed by atoms with E-state index in [9.17, 15) is 10.1 Å². The van der Waals surface area contributed by atoms with E-state index in [2.05, 4.69) is 21.2 Å². The first-order valence-electron chi connectivity index (χ1n) is 9.23. The highest BCUT2D eigenvalue weighted by Gasteiger charge is 2.14. The highest BCUT2D eigenvalue weighted by Crippen LogP contribution is 2.35. The monoisotopic (exact) mass is 496 g/mol. The highest BCUT2D eigenvalue weighted by atomic mass is 79.9. The molecular weight excluding hydrogens is 480 g/mol. The maximum Gasteiger partial charge on any atom is 0.266 e. The van der Waals surface area contributed by atoms with E-state index in [1.54, 1.807) is 48.5 Å². The van der Waals surface area contributed by atoms with Crippen LogP contribution in [0.2, 0.25) is 5.02 Å². The summed E-state index contributed by atoms with van der Waals surface area (Å²) in [4.78, 5) is 12.5. The van der Waals surface area contributed by atoms with Crippen LogP contribution in [0.3, 0.4) is 0 Å². The van der Waals surface area contributed by atoms with Gasteiger partial charge in [0.2, 0.25) is 0 Å². The van der Waals surface area contributed by atoms with E-state index in [0.717, 1.165) is 5.56 Å². The second-order valence-corrected chi connectivity index (χ2v) is 7.72. The van der Waals surface area contributed by atoms with Gasteiger partial charge in [0.05, 0.1) is 7.11 Å². The van der Waals surface area contributed by atoms with Gasteiger partial charge in [0.1, 0.15) is 18.2 Å². The summed E-state index contributed by atoms with van der Waals surface area (Å²) in [5.74, 6) is 0.500. The molecular formula is C24H18BrClN2O3. The van der Waals surface area contributed by atoms with Crippen molar-refractivity contribution >= 4 is 45.2 Å². The number of nitriles is 1. The van der Waals surface area contributed by atoms with E-state index in [4.69, 9.17) is 21.1 Å². The van der Waals surface area contributed by atoms with Gasteiger partial charge in [-0.25, -0.2) is 0 Å². The minimum absolute atomic E-state index is 0.0403. The number of hydrogen-bond acceptors (Lipinski definition) is 4. The second kappa shape index (κ2) is 10.7. The third kappa shape index (κ3) is 6.11. The molecule has 156 valence electrons. The molecule has 0 heterocycles. The average molecular weight is 498 g/mol. The Kier molecular flexibility index (Phi) is 7.71. The van der Waals surface area contributed by atoms with E-state index in [0.29, 0.717) is 38.9 Å². The number of carbonyl (C=O) groups excluding carboxylic acids is 1. The second-order valence-electron chi connectivity index (χ2n) is 6.43.